The number of benzene rings is 2. The standard InChI is InChI=1S/C14H19FO2.C13H14N2O.C6H12.CH3NO/c1-3-17-14-5-4-10(7-13(14)15)6-11-8-12(11)9(2)16;1-2-4-12-11(3-1)5-6-13(14-12)15-7-9-16-10-8-15;1-5-3-4-6(5)2;2-1-3/h4-5,7,9,11-12,16H,3,6,8H2,1-2H3;1-6H,7-10H2;5-6H,3-4H2,1-2H3;1H,(H2,2,3). The van der Waals surface area contributed by atoms with E-state index in [9.17, 15) is 9.50 Å². The Hall–Kier alpha value is -3.23. The summed E-state index contributed by atoms with van der Waals surface area (Å²) in [7, 11) is 0. The zero-order valence-electron chi connectivity index (χ0n) is 25.5. The monoisotopic (exact) mass is 581 g/mol. The third-order valence-electron chi connectivity index (χ3n) is 8.36. The summed E-state index contributed by atoms with van der Waals surface area (Å²) in [5.74, 6) is 4.05. The van der Waals surface area contributed by atoms with Gasteiger partial charge in [-0.25, -0.2) is 9.37 Å². The second kappa shape index (κ2) is 17.0. The normalized spacial score (nSPS) is 23.0. The maximum absolute atomic E-state index is 13.6. The lowest BCUT2D eigenvalue weighted by Gasteiger charge is -2.29. The van der Waals surface area contributed by atoms with Crippen LogP contribution in [0.4, 0.5) is 10.2 Å². The molecule has 2 saturated carbocycles. The van der Waals surface area contributed by atoms with Gasteiger partial charge in [-0.15, -0.1) is 0 Å². The molecule has 1 amide bonds. The van der Waals surface area contributed by atoms with Gasteiger partial charge in [0.1, 0.15) is 5.82 Å². The van der Waals surface area contributed by atoms with Crippen molar-refractivity contribution in [1.82, 2.24) is 4.98 Å². The number of rotatable bonds is 6. The van der Waals surface area contributed by atoms with Crippen molar-refractivity contribution in [3.8, 4) is 5.75 Å². The van der Waals surface area contributed by atoms with Crippen molar-refractivity contribution >= 4 is 23.1 Å². The number of nitrogens with two attached hydrogens (primary N) is 1. The highest BCUT2D eigenvalue weighted by Gasteiger charge is 2.40. The second-order valence-corrected chi connectivity index (χ2v) is 11.4. The van der Waals surface area contributed by atoms with E-state index in [0.29, 0.717) is 24.2 Å². The number of carbonyl (C=O) groups excluding carboxylic acids is 1. The van der Waals surface area contributed by atoms with E-state index in [4.69, 9.17) is 14.3 Å². The summed E-state index contributed by atoms with van der Waals surface area (Å²) in [5, 5.41) is 10.6. The fourth-order valence-electron chi connectivity index (χ4n) is 5.20. The number of carbonyl (C=O) groups is 1. The Morgan fingerprint density at radius 3 is 2.33 bits per heavy atom. The third-order valence-corrected chi connectivity index (χ3v) is 8.36. The summed E-state index contributed by atoms with van der Waals surface area (Å²) in [6.45, 7) is 12.3. The molecule has 3 aromatic rings. The topological polar surface area (TPSA) is 97.9 Å². The summed E-state index contributed by atoms with van der Waals surface area (Å²) in [5.41, 5.74) is 6.21. The zero-order valence-corrected chi connectivity index (χ0v) is 25.5. The number of fused-ring (bicyclic) bond motifs is 1. The van der Waals surface area contributed by atoms with Crippen LogP contribution in [-0.4, -0.2) is 55.5 Å². The minimum atomic E-state index is -0.293. The molecule has 0 radical (unpaired) electrons. The number of aromatic nitrogens is 1. The molecule has 42 heavy (non-hydrogen) atoms. The predicted molar refractivity (Wildman–Crippen MR) is 167 cm³/mol. The van der Waals surface area contributed by atoms with Crippen LogP contribution < -0.4 is 15.4 Å². The van der Waals surface area contributed by atoms with E-state index in [0.717, 1.165) is 67.9 Å². The Morgan fingerprint density at radius 1 is 1.12 bits per heavy atom. The minimum absolute atomic E-state index is 0.243. The van der Waals surface area contributed by atoms with Crippen molar-refractivity contribution < 1.29 is 23.8 Å². The number of aliphatic hydroxyl groups excluding tert-OH is 1. The number of morpholine rings is 1. The smallest absolute Gasteiger partial charge is 0.204 e. The SMILES string of the molecule is CC1CCC1C.CCOc1ccc(CC2CC2C(C)O)cc1F.NC=O.c1ccc2nc(N3CCOCC3)ccc2c1. The maximum Gasteiger partial charge on any atom is 0.204 e. The van der Waals surface area contributed by atoms with E-state index in [2.05, 4.69) is 53.7 Å². The number of para-hydroxylation sites is 1. The molecule has 8 heteroatoms. The molecule has 1 aromatic heterocycles. The number of primary amides is 1. The number of ether oxygens (including phenoxy) is 2. The van der Waals surface area contributed by atoms with Gasteiger partial charge in [-0.05, 0) is 86.3 Å². The Morgan fingerprint density at radius 2 is 1.79 bits per heavy atom. The van der Waals surface area contributed by atoms with Gasteiger partial charge in [0.2, 0.25) is 6.41 Å². The highest BCUT2D eigenvalue weighted by Crippen LogP contribution is 2.43. The van der Waals surface area contributed by atoms with Gasteiger partial charge in [0.25, 0.3) is 0 Å². The lowest BCUT2D eigenvalue weighted by Crippen LogP contribution is -2.36. The average Bonchev–Trinajstić information content (AvgIpc) is 3.78. The number of nitrogens with zero attached hydrogens (tertiary/aromatic N) is 2. The highest BCUT2D eigenvalue weighted by molar-refractivity contribution is 5.80. The van der Waals surface area contributed by atoms with Crippen LogP contribution in [0.15, 0.2) is 54.6 Å². The van der Waals surface area contributed by atoms with Crippen LogP contribution in [0.5, 0.6) is 5.75 Å². The van der Waals surface area contributed by atoms with Gasteiger partial charge in [0.15, 0.2) is 11.6 Å². The van der Waals surface area contributed by atoms with Crippen LogP contribution >= 0.6 is 0 Å². The fraction of sp³-hybridized carbons (Fsp3) is 0.529. The van der Waals surface area contributed by atoms with E-state index in [1.807, 2.05) is 32.0 Å². The molecule has 0 bridgehead atoms. The van der Waals surface area contributed by atoms with Crippen molar-refractivity contribution in [3.63, 3.8) is 0 Å². The Balaban J connectivity index is 0.000000179. The molecule has 5 unspecified atom stereocenters. The molecular formula is C34H48FN3O4. The van der Waals surface area contributed by atoms with Crippen LogP contribution in [0.3, 0.4) is 0 Å². The Kier molecular flexibility index (Phi) is 13.5. The van der Waals surface area contributed by atoms with Gasteiger partial charge in [-0.3, -0.25) is 4.79 Å². The molecule has 0 spiro atoms. The number of aliphatic hydroxyl groups is 1. The second-order valence-electron chi connectivity index (χ2n) is 11.4. The Bertz CT molecular complexity index is 1230. The molecule has 2 aromatic carbocycles. The first-order valence-corrected chi connectivity index (χ1v) is 15.2. The highest BCUT2D eigenvalue weighted by atomic mass is 19.1. The van der Waals surface area contributed by atoms with Crippen LogP contribution in [-0.2, 0) is 16.0 Å². The number of hydrogen-bond donors (Lipinski definition) is 2. The Labute approximate surface area is 250 Å². The van der Waals surface area contributed by atoms with Crippen LogP contribution in [0, 0.1) is 29.5 Å². The summed E-state index contributed by atoms with van der Waals surface area (Å²) >= 11 is 0. The van der Waals surface area contributed by atoms with Crippen LogP contribution in [0.2, 0.25) is 0 Å². The van der Waals surface area contributed by atoms with Gasteiger partial charge < -0.3 is 25.2 Å². The van der Waals surface area contributed by atoms with Crippen molar-refractivity contribution in [2.75, 3.05) is 37.8 Å². The molecule has 6 rings (SSSR count). The van der Waals surface area contributed by atoms with E-state index in [-0.39, 0.29) is 18.3 Å². The molecule has 2 aliphatic carbocycles. The zero-order chi connectivity index (χ0) is 30.5. The first-order valence-electron chi connectivity index (χ1n) is 15.2. The van der Waals surface area contributed by atoms with Gasteiger partial charge in [-0.1, -0.05) is 51.0 Å². The quantitative estimate of drug-likeness (QED) is 0.346. The molecule has 1 saturated heterocycles. The summed E-state index contributed by atoms with van der Waals surface area (Å²) in [6.07, 6.45) is 4.85. The summed E-state index contributed by atoms with van der Waals surface area (Å²) in [6, 6.07) is 17.6. The number of halogens is 1. The molecule has 230 valence electrons. The summed E-state index contributed by atoms with van der Waals surface area (Å²) in [4.78, 5) is 15.5. The van der Waals surface area contributed by atoms with Crippen molar-refractivity contribution in [2.45, 2.75) is 59.5 Å². The number of amides is 1. The van der Waals surface area contributed by atoms with E-state index in [1.165, 1.54) is 18.2 Å². The minimum Gasteiger partial charge on any atom is -0.491 e. The first kappa shape index (κ1) is 33.3. The van der Waals surface area contributed by atoms with Gasteiger partial charge in [0.05, 0.1) is 31.4 Å². The predicted octanol–water partition coefficient (Wildman–Crippen LogP) is 6.01. The molecule has 3 fully saturated rings. The fourth-order valence-corrected chi connectivity index (χ4v) is 5.20. The third kappa shape index (κ3) is 10.2. The van der Waals surface area contributed by atoms with Crippen LogP contribution in [0.25, 0.3) is 10.9 Å². The number of hydrogen-bond acceptors (Lipinski definition) is 6. The van der Waals surface area contributed by atoms with E-state index in [1.54, 1.807) is 12.1 Å². The van der Waals surface area contributed by atoms with Gasteiger partial charge >= 0.3 is 0 Å². The lowest BCUT2D eigenvalue weighted by atomic mass is 9.77. The van der Waals surface area contributed by atoms with Gasteiger partial charge in [0, 0.05) is 18.5 Å². The summed E-state index contributed by atoms with van der Waals surface area (Å²) < 4.78 is 24.1. The lowest BCUT2D eigenvalue weighted by molar-refractivity contribution is -0.106. The van der Waals surface area contributed by atoms with Crippen molar-refractivity contribution in [3.05, 3.63) is 66.0 Å². The number of pyridine rings is 1. The van der Waals surface area contributed by atoms with E-state index < -0.39 is 0 Å². The first-order chi connectivity index (χ1) is 20.3. The molecular weight excluding hydrogens is 533 g/mol. The average molecular weight is 582 g/mol. The largest absolute Gasteiger partial charge is 0.491 e. The van der Waals surface area contributed by atoms with Crippen molar-refractivity contribution in [1.29, 1.82) is 0 Å². The molecule has 5 atom stereocenters. The van der Waals surface area contributed by atoms with Crippen LogP contribution in [0.1, 0.15) is 52.5 Å². The number of anilines is 1. The molecule has 3 N–H and O–H groups in total. The molecule has 2 heterocycles. The molecule has 7 nitrogen and oxygen atoms in total. The molecule has 1 aliphatic heterocycles. The van der Waals surface area contributed by atoms with Gasteiger partial charge in [-0.2, -0.15) is 0 Å². The van der Waals surface area contributed by atoms with E-state index >= 15 is 0 Å². The maximum atomic E-state index is 13.6. The molecule has 3 aliphatic rings. The van der Waals surface area contributed by atoms with Crippen molar-refractivity contribution in [2.24, 2.45) is 29.4 Å².